The molecule has 150 valence electrons. The summed E-state index contributed by atoms with van der Waals surface area (Å²) in [4.78, 5) is 12.8. The second-order valence-electron chi connectivity index (χ2n) is 6.51. The smallest absolute Gasteiger partial charge is 0.255 e. The fourth-order valence-electron chi connectivity index (χ4n) is 2.87. The highest BCUT2D eigenvalue weighted by molar-refractivity contribution is 6.05. The number of nitrogens with one attached hydrogen (secondary N) is 1. The second kappa shape index (κ2) is 9.64. The highest BCUT2D eigenvalue weighted by atomic mass is 16.5. The molecule has 0 bridgehead atoms. The molecule has 3 aromatic carbocycles. The third kappa shape index (κ3) is 5.29. The highest BCUT2D eigenvalue weighted by Gasteiger charge is 2.13. The monoisotopic (exact) mass is 391 g/mol. The molecule has 0 saturated heterocycles. The van der Waals surface area contributed by atoms with E-state index in [1.165, 1.54) is 5.56 Å². The number of carbonyl (C=O) groups excluding carboxylic acids is 1. The van der Waals surface area contributed by atoms with Gasteiger partial charge in [-0.05, 0) is 56.3 Å². The topological polar surface area (TPSA) is 56.8 Å². The van der Waals surface area contributed by atoms with Gasteiger partial charge >= 0.3 is 0 Å². The molecule has 0 aliphatic rings. The Labute approximate surface area is 171 Å². The average molecular weight is 391 g/mol. The first kappa shape index (κ1) is 20.3. The Hall–Kier alpha value is -3.47. The van der Waals surface area contributed by atoms with Crippen LogP contribution in [-0.2, 0) is 6.61 Å². The van der Waals surface area contributed by atoms with E-state index in [2.05, 4.69) is 5.32 Å². The number of benzene rings is 3. The molecule has 29 heavy (non-hydrogen) atoms. The fraction of sp³-hybridized carbons (Fsp3) is 0.208. The molecular formula is C24H25NO4. The van der Waals surface area contributed by atoms with Crippen molar-refractivity contribution in [2.24, 2.45) is 0 Å². The van der Waals surface area contributed by atoms with Crippen LogP contribution in [0.2, 0.25) is 0 Å². The lowest BCUT2D eigenvalue weighted by molar-refractivity contribution is 0.102. The standard InChI is InChI=1S/C24H25NO4/c1-4-28-22-14-11-18(24(26)25-21-7-5-6-8-23(21)27-3)15-19(22)16-29-20-12-9-17(2)10-13-20/h5-15H,4,16H2,1-3H3,(H,25,26). The number of ether oxygens (including phenoxy) is 3. The summed E-state index contributed by atoms with van der Waals surface area (Å²) >= 11 is 0. The minimum absolute atomic E-state index is 0.228. The van der Waals surface area contributed by atoms with Gasteiger partial charge in [-0.25, -0.2) is 0 Å². The maximum atomic E-state index is 12.8. The van der Waals surface area contributed by atoms with Gasteiger partial charge in [0.05, 0.1) is 19.4 Å². The van der Waals surface area contributed by atoms with Crippen LogP contribution >= 0.6 is 0 Å². The first-order valence-electron chi connectivity index (χ1n) is 9.50. The molecule has 3 rings (SSSR count). The van der Waals surface area contributed by atoms with Crippen LogP contribution in [0.15, 0.2) is 66.7 Å². The van der Waals surface area contributed by atoms with Crippen molar-refractivity contribution in [1.29, 1.82) is 0 Å². The molecule has 0 radical (unpaired) electrons. The molecule has 0 saturated carbocycles. The summed E-state index contributed by atoms with van der Waals surface area (Å²) in [5.41, 5.74) is 3.11. The Balaban J connectivity index is 1.79. The van der Waals surface area contributed by atoms with Crippen molar-refractivity contribution in [3.63, 3.8) is 0 Å². The number of hydrogen-bond donors (Lipinski definition) is 1. The zero-order valence-corrected chi connectivity index (χ0v) is 16.9. The third-order valence-electron chi connectivity index (χ3n) is 4.39. The Morgan fingerprint density at radius 2 is 1.69 bits per heavy atom. The van der Waals surface area contributed by atoms with Gasteiger partial charge in [0.1, 0.15) is 23.9 Å². The lowest BCUT2D eigenvalue weighted by Gasteiger charge is -2.14. The van der Waals surface area contributed by atoms with Crippen LogP contribution in [0.3, 0.4) is 0 Å². The lowest BCUT2D eigenvalue weighted by atomic mass is 10.1. The Kier molecular flexibility index (Phi) is 6.74. The zero-order valence-electron chi connectivity index (χ0n) is 16.9. The number of aryl methyl sites for hydroxylation is 1. The van der Waals surface area contributed by atoms with Crippen LogP contribution in [0.5, 0.6) is 17.2 Å². The van der Waals surface area contributed by atoms with Gasteiger partial charge in [0.25, 0.3) is 5.91 Å². The van der Waals surface area contributed by atoms with E-state index < -0.39 is 0 Å². The summed E-state index contributed by atoms with van der Waals surface area (Å²) in [7, 11) is 1.57. The Morgan fingerprint density at radius 3 is 2.41 bits per heavy atom. The summed E-state index contributed by atoms with van der Waals surface area (Å²) in [5, 5.41) is 2.89. The SMILES string of the molecule is CCOc1ccc(C(=O)Nc2ccccc2OC)cc1COc1ccc(C)cc1. The summed E-state index contributed by atoms with van der Waals surface area (Å²) in [6.07, 6.45) is 0. The number of hydrogen-bond acceptors (Lipinski definition) is 4. The molecule has 0 aliphatic heterocycles. The molecular weight excluding hydrogens is 366 g/mol. The van der Waals surface area contributed by atoms with Crippen LogP contribution in [0, 0.1) is 6.92 Å². The average Bonchev–Trinajstić information content (AvgIpc) is 2.74. The summed E-state index contributed by atoms with van der Waals surface area (Å²) in [6, 6.07) is 20.5. The van der Waals surface area contributed by atoms with E-state index in [1.54, 1.807) is 37.4 Å². The molecule has 0 atom stereocenters. The largest absolute Gasteiger partial charge is 0.495 e. The van der Waals surface area contributed by atoms with Crippen molar-refractivity contribution >= 4 is 11.6 Å². The summed E-state index contributed by atoms with van der Waals surface area (Å²) in [6.45, 7) is 4.78. The van der Waals surface area contributed by atoms with Crippen molar-refractivity contribution in [3.8, 4) is 17.2 Å². The van der Waals surface area contributed by atoms with Crippen molar-refractivity contribution in [1.82, 2.24) is 0 Å². The van der Waals surface area contributed by atoms with Crippen molar-refractivity contribution in [2.75, 3.05) is 19.0 Å². The fourth-order valence-corrected chi connectivity index (χ4v) is 2.87. The first-order chi connectivity index (χ1) is 14.1. The maximum absolute atomic E-state index is 12.8. The van der Waals surface area contributed by atoms with E-state index in [4.69, 9.17) is 14.2 Å². The number of amides is 1. The second-order valence-corrected chi connectivity index (χ2v) is 6.51. The van der Waals surface area contributed by atoms with Crippen LogP contribution in [-0.4, -0.2) is 19.6 Å². The van der Waals surface area contributed by atoms with E-state index in [-0.39, 0.29) is 5.91 Å². The van der Waals surface area contributed by atoms with Gasteiger partial charge in [-0.15, -0.1) is 0 Å². The molecule has 0 aromatic heterocycles. The van der Waals surface area contributed by atoms with Crippen LogP contribution in [0.25, 0.3) is 0 Å². The molecule has 0 heterocycles. The minimum Gasteiger partial charge on any atom is -0.495 e. The summed E-state index contributed by atoms with van der Waals surface area (Å²) < 4.78 is 16.9. The predicted octanol–water partition coefficient (Wildman–Crippen LogP) is 5.23. The molecule has 1 N–H and O–H groups in total. The number of carbonyl (C=O) groups is 1. The van der Waals surface area contributed by atoms with E-state index in [1.807, 2.05) is 50.2 Å². The van der Waals surface area contributed by atoms with Crippen LogP contribution in [0.4, 0.5) is 5.69 Å². The number of rotatable bonds is 8. The van der Waals surface area contributed by atoms with Crippen molar-refractivity contribution in [3.05, 3.63) is 83.4 Å². The summed E-state index contributed by atoms with van der Waals surface area (Å²) in [5.74, 6) is 1.85. The Morgan fingerprint density at radius 1 is 0.931 bits per heavy atom. The maximum Gasteiger partial charge on any atom is 0.255 e. The molecule has 5 nitrogen and oxygen atoms in total. The number of para-hydroxylation sites is 2. The van der Waals surface area contributed by atoms with Crippen molar-refractivity contribution < 1.29 is 19.0 Å². The van der Waals surface area contributed by atoms with Gasteiger partial charge in [0.15, 0.2) is 0 Å². The molecule has 0 fully saturated rings. The predicted molar refractivity (Wildman–Crippen MR) is 114 cm³/mol. The lowest BCUT2D eigenvalue weighted by Crippen LogP contribution is -2.13. The first-order valence-corrected chi connectivity index (χ1v) is 9.50. The van der Waals surface area contributed by atoms with Gasteiger partial charge < -0.3 is 19.5 Å². The van der Waals surface area contributed by atoms with Crippen molar-refractivity contribution in [2.45, 2.75) is 20.5 Å². The molecule has 0 unspecified atom stereocenters. The van der Waals surface area contributed by atoms with E-state index in [9.17, 15) is 4.79 Å². The van der Waals surface area contributed by atoms with Gasteiger partial charge in [-0.1, -0.05) is 29.8 Å². The minimum atomic E-state index is -0.228. The highest BCUT2D eigenvalue weighted by Crippen LogP contribution is 2.26. The van der Waals surface area contributed by atoms with Gasteiger partial charge in [0, 0.05) is 11.1 Å². The number of methoxy groups -OCH3 is 1. The quantitative estimate of drug-likeness (QED) is 0.571. The molecule has 1 amide bonds. The molecule has 5 heteroatoms. The van der Waals surface area contributed by atoms with Crippen LogP contribution < -0.4 is 19.5 Å². The molecule has 0 aliphatic carbocycles. The third-order valence-corrected chi connectivity index (χ3v) is 4.39. The van der Waals surface area contributed by atoms with E-state index >= 15 is 0 Å². The molecule has 3 aromatic rings. The number of anilines is 1. The zero-order chi connectivity index (χ0) is 20.6. The molecule has 0 spiro atoms. The van der Waals surface area contributed by atoms with Gasteiger partial charge in [-0.2, -0.15) is 0 Å². The van der Waals surface area contributed by atoms with Gasteiger partial charge in [-0.3, -0.25) is 4.79 Å². The van der Waals surface area contributed by atoms with E-state index in [0.717, 1.165) is 11.3 Å². The normalized spacial score (nSPS) is 10.3. The Bertz CT molecular complexity index is 967. The van der Waals surface area contributed by atoms with E-state index in [0.29, 0.717) is 36.0 Å². The van der Waals surface area contributed by atoms with Gasteiger partial charge in [0.2, 0.25) is 0 Å². The van der Waals surface area contributed by atoms with Crippen LogP contribution in [0.1, 0.15) is 28.4 Å².